The topological polar surface area (TPSA) is 49.3 Å². The number of benzene rings is 1. The second-order valence-corrected chi connectivity index (χ2v) is 5.78. The SMILES string of the molecule is CSC(CO)C(C)NC(=O)c1ccc(Br)c(F)c1. The number of halogens is 2. The summed E-state index contributed by atoms with van der Waals surface area (Å²) < 4.78 is 13.6. The van der Waals surface area contributed by atoms with Gasteiger partial charge in [0.1, 0.15) is 5.82 Å². The molecule has 1 aromatic carbocycles. The molecule has 100 valence electrons. The van der Waals surface area contributed by atoms with Crippen LogP contribution in [0.15, 0.2) is 22.7 Å². The maximum atomic E-state index is 13.3. The lowest BCUT2D eigenvalue weighted by atomic mass is 10.1. The molecule has 0 aliphatic heterocycles. The number of aliphatic hydroxyl groups is 1. The molecule has 0 bridgehead atoms. The van der Waals surface area contributed by atoms with E-state index in [9.17, 15) is 9.18 Å². The van der Waals surface area contributed by atoms with Crippen molar-refractivity contribution in [1.29, 1.82) is 0 Å². The highest BCUT2D eigenvalue weighted by atomic mass is 79.9. The van der Waals surface area contributed by atoms with Gasteiger partial charge in [-0.15, -0.1) is 0 Å². The molecule has 1 rings (SSSR count). The Kier molecular flexibility index (Phi) is 6.11. The monoisotopic (exact) mass is 335 g/mol. The zero-order chi connectivity index (χ0) is 13.7. The fourth-order valence-corrected chi connectivity index (χ4v) is 2.33. The van der Waals surface area contributed by atoms with Crippen LogP contribution < -0.4 is 5.32 Å². The second-order valence-electron chi connectivity index (χ2n) is 3.85. The van der Waals surface area contributed by atoms with Crippen molar-refractivity contribution in [3.05, 3.63) is 34.1 Å². The van der Waals surface area contributed by atoms with Crippen LogP contribution in [-0.2, 0) is 0 Å². The molecule has 2 unspecified atom stereocenters. The molecule has 0 aliphatic rings. The fourth-order valence-electron chi connectivity index (χ4n) is 1.46. The molecule has 0 fully saturated rings. The van der Waals surface area contributed by atoms with E-state index >= 15 is 0 Å². The van der Waals surface area contributed by atoms with Crippen molar-refractivity contribution in [2.75, 3.05) is 12.9 Å². The summed E-state index contributed by atoms with van der Waals surface area (Å²) in [5, 5.41) is 11.8. The zero-order valence-corrected chi connectivity index (χ0v) is 12.5. The van der Waals surface area contributed by atoms with Crippen molar-refractivity contribution >= 4 is 33.6 Å². The van der Waals surface area contributed by atoms with Gasteiger partial charge in [0.25, 0.3) is 5.91 Å². The number of hydrogen-bond acceptors (Lipinski definition) is 3. The number of aliphatic hydroxyl groups excluding tert-OH is 1. The van der Waals surface area contributed by atoms with Crippen LogP contribution in [0, 0.1) is 5.82 Å². The Morgan fingerprint density at radius 1 is 1.61 bits per heavy atom. The third-order valence-electron chi connectivity index (χ3n) is 2.58. The normalized spacial score (nSPS) is 14.1. The number of rotatable bonds is 5. The summed E-state index contributed by atoms with van der Waals surface area (Å²) in [5.41, 5.74) is 0.264. The molecule has 6 heteroatoms. The Bertz CT molecular complexity index is 427. The van der Waals surface area contributed by atoms with Gasteiger partial charge in [-0.1, -0.05) is 0 Å². The Labute approximate surface area is 118 Å². The number of thioether (sulfide) groups is 1. The first-order valence-corrected chi connectivity index (χ1v) is 7.47. The van der Waals surface area contributed by atoms with E-state index in [-0.39, 0.29) is 29.4 Å². The van der Waals surface area contributed by atoms with Gasteiger partial charge < -0.3 is 10.4 Å². The van der Waals surface area contributed by atoms with Crippen molar-refractivity contribution in [3.8, 4) is 0 Å². The average molecular weight is 336 g/mol. The minimum atomic E-state index is -0.473. The molecule has 1 amide bonds. The Morgan fingerprint density at radius 2 is 2.28 bits per heavy atom. The quantitative estimate of drug-likeness (QED) is 0.868. The van der Waals surface area contributed by atoms with Crippen LogP contribution in [0.3, 0.4) is 0 Å². The lowest BCUT2D eigenvalue weighted by Gasteiger charge is -2.21. The fraction of sp³-hybridized carbons (Fsp3) is 0.417. The highest BCUT2D eigenvalue weighted by molar-refractivity contribution is 9.10. The summed E-state index contributed by atoms with van der Waals surface area (Å²) >= 11 is 4.51. The molecular weight excluding hydrogens is 321 g/mol. The summed E-state index contributed by atoms with van der Waals surface area (Å²) in [5.74, 6) is -0.819. The van der Waals surface area contributed by atoms with Crippen LogP contribution in [0.1, 0.15) is 17.3 Å². The van der Waals surface area contributed by atoms with Crippen LogP contribution in [0.5, 0.6) is 0 Å². The highest BCUT2D eigenvalue weighted by Gasteiger charge is 2.18. The largest absolute Gasteiger partial charge is 0.395 e. The molecule has 18 heavy (non-hydrogen) atoms. The molecule has 0 radical (unpaired) electrons. The molecule has 0 saturated carbocycles. The average Bonchev–Trinajstić information content (AvgIpc) is 2.34. The third kappa shape index (κ3) is 3.96. The van der Waals surface area contributed by atoms with E-state index in [2.05, 4.69) is 21.2 Å². The summed E-state index contributed by atoms with van der Waals surface area (Å²) in [6.07, 6.45) is 1.86. The first-order valence-electron chi connectivity index (χ1n) is 5.39. The van der Waals surface area contributed by atoms with Gasteiger partial charge in [0, 0.05) is 16.9 Å². The molecule has 0 aliphatic carbocycles. The molecule has 0 aromatic heterocycles. The van der Waals surface area contributed by atoms with Crippen molar-refractivity contribution < 1.29 is 14.3 Å². The van der Waals surface area contributed by atoms with E-state index in [1.54, 1.807) is 6.07 Å². The van der Waals surface area contributed by atoms with Crippen LogP contribution in [0.25, 0.3) is 0 Å². The standard InChI is InChI=1S/C12H15BrFNO2S/c1-7(11(6-16)18-2)15-12(17)8-3-4-9(13)10(14)5-8/h3-5,7,11,16H,6H2,1-2H3,(H,15,17). The summed E-state index contributed by atoms with van der Waals surface area (Å²) in [6, 6.07) is 4.03. The minimum absolute atomic E-state index is 0.0166. The van der Waals surface area contributed by atoms with Crippen LogP contribution in [-0.4, -0.2) is 35.2 Å². The molecule has 0 saturated heterocycles. The first kappa shape index (κ1) is 15.5. The number of amides is 1. The van der Waals surface area contributed by atoms with Gasteiger partial charge in [-0.25, -0.2) is 4.39 Å². The van der Waals surface area contributed by atoms with Gasteiger partial charge in [-0.05, 0) is 47.3 Å². The smallest absolute Gasteiger partial charge is 0.251 e. The number of hydrogen-bond donors (Lipinski definition) is 2. The van der Waals surface area contributed by atoms with Gasteiger partial charge in [0.2, 0.25) is 0 Å². The zero-order valence-electron chi connectivity index (χ0n) is 10.1. The van der Waals surface area contributed by atoms with Crippen LogP contribution in [0.2, 0.25) is 0 Å². The Hall–Kier alpha value is -0.590. The summed E-state index contributed by atoms with van der Waals surface area (Å²) in [7, 11) is 0. The van der Waals surface area contributed by atoms with E-state index < -0.39 is 5.82 Å². The molecule has 3 nitrogen and oxygen atoms in total. The Balaban J connectivity index is 2.73. The molecule has 0 spiro atoms. The van der Waals surface area contributed by atoms with Gasteiger partial charge in [0.05, 0.1) is 11.1 Å². The van der Waals surface area contributed by atoms with Gasteiger partial charge in [0.15, 0.2) is 0 Å². The van der Waals surface area contributed by atoms with E-state index in [1.807, 2.05) is 13.2 Å². The van der Waals surface area contributed by atoms with Gasteiger partial charge in [-0.2, -0.15) is 11.8 Å². The number of carbonyl (C=O) groups is 1. The highest BCUT2D eigenvalue weighted by Crippen LogP contribution is 2.17. The lowest BCUT2D eigenvalue weighted by Crippen LogP contribution is -2.41. The molecular formula is C12H15BrFNO2S. The van der Waals surface area contributed by atoms with Crippen LogP contribution >= 0.6 is 27.7 Å². The second kappa shape index (κ2) is 7.11. The van der Waals surface area contributed by atoms with Gasteiger partial charge >= 0.3 is 0 Å². The summed E-state index contributed by atoms with van der Waals surface area (Å²) in [4.78, 5) is 11.9. The predicted octanol–water partition coefficient (Wildman–Crippen LogP) is 2.43. The Morgan fingerprint density at radius 3 is 2.78 bits per heavy atom. The van der Waals surface area contributed by atoms with Gasteiger partial charge in [-0.3, -0.25) is 4.79 Å². The maximum absolute atomic E-state index is 13.3. The van der Waals surface area contributed by atoms with E-state index in [1.165, 1.54) is 23.9 Å². The summed E-state index contributed by atoms with van der Waals surface area (Å²) in [6.45, 7) is 1.79. The van der Waals surface area contributed by atoms with Crippen LogP contribution in [0.4, 0.5) is 4.39 Å². The third-order valence-corrected chi connectivity index (χ3v) is 4.39. The number of nitrogens with one attached hydrogen (secondary N) is 1. The molecule has 2 N–H and O–H groups in total. The van der Waals surface area contributed by atoms with Crippen molar-refractivity contribution in [3.63, 3.8) is 0 Å². The van der Waals surface area contributed by atoms with Crippen molar-refractivity contribution in [2.24, 2.45) is 0 Å². The van der Waals surface area contributed by atoms with E-state index in [0.717, 1.165) is 0 Å². The molecule has 1 aromatic rings. The number of carbonyl (C=O) groups excluding carboxylic acids is 1. The maximum Gasteiger partial charge on any atom is 0.251 e. The van der Waals surface area contributed by atoms with E-state index in [4.69, 9.17) is 5.11 Å². The van der Waals surface area contributed by atoms with E-state index in [0.29, 0.717) is 4.47 Å². The first-order chi connectivity index (χ1) is 8.49. The minimum Gasteiger partial charge on any atom is -0.395 e. The molecule has 2 atom stereocenters. The lowest BCUT2D eigenvalue weighted by molar-refractivity contribution is 0.0935. The van der Waals surface area contributed by atoms with Crippen molar-refractivity contribution in [1.82, 2.24) is 5.32 Å². The molecule has 0 heterocycles. The predicted molar refractivity (Wildman–Crippen MR) is 75.4 cm³/mol. The van der Waals surface area contributed by atoms with Crippen molar-refractivity contribution in [2.45, 2.75) is 18.2 Å².